The molecule has 0 saturated carbocycles. The molecule has 1 aromatic rings. The van der Waals surface area contributed by atoms with E-state index in [4.69, 9.17) is 4.42 Å². The first-order valence-electron chi connectivity index (χ1n) is 4.51. The summed E-state index contributed by atoms with van der Waals surface area (Å²) in [5.41, 5.74) is 1.27. The lowest BCUT2D eigenvalue weighted by molar-refractivity contribution is 0.487. The molecule has 2 heteroatoms. The Hall–Kier alpha value is -0.760. The summed E-state index contributed by atoms with van der Waals surface area (Å²) in [6.45, 7) is 7.54. The number of hydrogen-bond acceptors (Lipinski definition) is 2. The summed E-state index contributed by atoms with van der Waals surface area (Å²) in [7, 11) is 0. The Morgan fingerprint density at radius 2 is 2.25 bits per heavy atom. The van der Waals surface area contributed by atoms with Gasteiger partial charge < -0.3 is 9.73 Å². The van der Waals surface area contributed by atoms with Gasteiger partial charge in [0.25, 0.3) is 0 Å². The van der Waals surface area contributed by atoms with E-state index in [0.29, 0.717) is 12.0 Å². The van der Waals surface area contributed by atoms with Gasteiger partial charge in [-0.15, -0.1) is 0 Å². The maximum absolute atomic E-state index is 5.04. The van der Waals surface area contributed by atoms with Crippen LogP contribution in [0.15, 0.2) is 23.0 Å². The summed E-state index contributed by atoms with van der Waals surface area (Å²) in [5.74, 6) is 0.517. The third-order valence-electron chi connectivity index (χ3n) is 2.35. The van der Waals surface area contributed by atoms with E-state index in [1.165, 1.54) is 5.56 Å². The minimum Gasteiger partial charge on any atom is -0.472 e. The topological polar surface area (TPSA) is 25.2 Å². The highest BCUT2D eigenvalue weighted by Crippen LogP contribution is 2.18. The summed E-state index contributed by atoms with van der Waals surface area (Å²) >= 11 is 0. The minimum atomic E-state index is 0.507. The first-order chi connectivity index (χ1) is 5.75. The van der Waals surface area contributed by atoms with E-state index < -0.39 is 0 Å². The van der Waals surface area contributed by atoms with Gasteiger partial charge in [0.1, 0.15) is 0 Å². The minimum absolute atomic E-state index is 0.507. The average molecular weight is 167 g/mol. The third-order valence-corrected chi connectivity index (χ3v) is 2.35. The van der Waals surface area contributed by atoms with E-state index in [1.54, 1.807) is 6.26 Å². The van der Waals surface area contributed by atoms with Gasteiger partial charge in [-0.3, -0.25) is 0 Å². The standard InChI is InChI=1S/C10H17NO/c1-4-11-9(3)8(2)10-5-6-12-7-10/h5-9,11H,4H2,1-3H3. The fourth-order valence-electron chi connectivity index (χ4n) is 1.32. The molecule has 0 saturated heterocycles. The number of likely N-dealkylation sites (N-methyl/N-ethyl adjacent to an activating group) is 1. The Morgan fingerprint density at radius 3 is 2.75 bits per heavy atom. The second kappa shape index (κ2) is 4.31. The molecule has 0 spiro atoms. The van der Waals surface area contributed by atoms with E-state index in [0.717, 1.165) is 6.54 Å². The highest BCUT2D eigenvalue weighted by atomic mass is 16.3. The van der Waals surface area contributed by atoms with Crippen LogP contribution < -0.4 is 5.32 Å². The van der Waals surface area contributed by atoms with Gasteiger partial charge in [0.15, 0.2) is 0 Å². The normalized spacial score (nSPS) is 15.9. The highest BCUT2D eigenvalue weighted by molar-refractivity contribution is 5.13. The summed E-state index contributed by atoms with van der Waals surface area (Å²) in [5, 5.41) is 3.39. The van der Waals surface area contributed by atoms with Gasteiger partial charge >= 0.3 is 0 Å². The zero-order valence-corrected chi connectivity index (χ0v) is 8.00. The number of nitrogens with one attached hydrogen (secondary N) is 1. The van der Waals surface area contributed by atoms with Gasteiger partial charge in [0.05, 0.1) is 12.5 Å². The van der Waals surface area contributed by atoms with Crippen LogP contribution in [0.1, 0.15) is 32.3 Å². The number of hydrogen-bond donors (Lipinski definition) is 1. The van der Waals surface area contributed by atoms with Crippen molar-refractivity contribution in [2.24, 2.45) is 0 Å². The Morgan fingerprint density at radius 1 is 1.50 bits per heavy atom. The maximum atomic E-state index is 5.04. The van der Waals surface area contributed by atoms with Crippen molar-refractivity contribution >= 4 is 0 Å². The predicted octanol–water partition coefficient (Wildman–Crippen LogP) is 2.38. The lowest BCUT2D eigenvalue weighted by Crippen LogP contribution is -2.30. The van der Waals surface area contributed by atoms with E-state index >= 15 is 0 Å². The van der Waals surface area contributed by atoms with Crippen molar-refractivity contribution in [1.29, 1.82) is 0 Å². The molecule has 2 unspecified atom stereocenters. The van der Waals surface area contributed by atoms with Gasteiger partial charge in [-0.25, -0.2) is 0 Å². The first-order valence-corrected chi connectivity index (χ1v) is 4.51. The predicted molar refractivity (Wildman–Crippen MR) is 50.3 cm³/mol. The molecular weight excluding hydrogens is 150 g/mol. The van der Waals surface area contributed by atoms with Crippen molar-refractivity contribution in [1.82, 2.24) is 5.32 Å². The maximum Gasteiger partial charge on any atom is 0.0937 e. The molecule has 0 amide bonds. The SMILES string of the molecule is CCNC(C)C(C)c1ccoc1. The van der Waals surface area contributed by atoms with Crippen LogP contribution in [0.5, 0.6) is 0 Å². The Balaban J connectivity index is 2.53. The molecule has 0 radical (unpaired) electrons. The molecule has 0 aliphatic heterocycles. The molecule has 0 aliphatic rings. The lowest BCUT2D eigenvalue weighted by atomic mass is 9.97. The van der Waals surface area contributed by atoms with Crippen LogP contribution in [0.4, 0.5) is 0 Å². The molecule has 0 bridgehead atoms. The van der Waals surface area contributed by atoms with Crippen LogP contribution in [0.3, 0.4) is 0 Å². The van der Waals surface area contributed by atoms with Gasteiger partial charge in [-0.2, -0.15) is 0 Å². The van der Waals surface area contributed by atoms with Crippen molar-refractivity contribution in [2.75, 3.05) is 6.54 Å². The van der Waals surface area contributed by atoms with Crippen LogP contribution in [-0.4, -0.2) is 12.6 Å². The van der Waals surface area contributed by atoms with E-state index in [9.17, 15) is 0 Å². The van der Waals surface area contributed by atoms with Crippen LogP contribution in [0.2, 0.25) is 0 Å². The first kappa shape index (κ1) is 9.33. The summed E-state index contributed by atoms with van der Waals surface area (Å²) < 4.78 is 5.04. The van der Waals surface area contributed by atoms with Crippen molar-refractivity contribution in [2.45, 2.75) is 32.7 Å². The molecule has 0 aliphatic carbocycles. The molecular formula is C10H17NO. The largest absolute Gasteiger partial charge is 0.472 e. The van der Waals surface area contributed by atoms with E-state index in [2.05, 4.69) is 26.1 Å². The van der Waals surface area contributed by atoms with Crippen molar-refractivity contribution in [3.05, 3.63) is 24.2 Å². The van der Waals surface area contributed by atoms with Gasteiger partial charge in [0.2, 0.25) is 0 Å². The van der Waals surface area contributed by atoms with Crippen molar-refractivity contribution < 1.29 is 4.42 Å². The molecule has 2 nitrogen and oxygen atoms in total. The second-order valence-corrected chi connectivity index (χ2v) is 3.19. The van der Waals surface area contributed by atoms with Crippen LogP contribution in [0, 0.1) is 0 Å². The van der Waals surface area contributed by atoms with E-state index in [1.807, 2.05) is 12.3 Å². The smallest absolute Gasteiger partial charge is 0.0937 e. The van der Waals surface area contributed by atoms with Gasteiger partial charge in [-0.1, -0.05) is 13.8 Å². The van der Waals surface area contributed by atoms with Gasteiger partial charge in [-0.05, 0) is 31.0 Å². The molecule has 1 aromatic heterocycles. The summed E-state index contributed by atoms with van der Waals surface area (Å²) in [4.78, 5) is 0. The van der Waals surface area contributed by atoms with Crippen molar-refractivity contribution in [3.63, 3.8) is 0 Å². The zero-order valence-electron chi connectivity index (χ0n) is 8.00. The zero-order chi connectivity index (χ0) is 8.97. The Labute approximate surface area is 74.0 Å². The molecule has 1 heterocycles. The fraction of sp³-hybridized carbons (Fsp3) is 0.600. The Bertz CT molecular complexity index is 206. The molecule has 0 fully saturated rings. The molecule has 12 heavy (non-hydrogen) atoms. The number of rotatable bonds is 4. The highest BCUT2D eigenvalue weighted by Gasteiger charge is 2.13. The molecule has 1 N–H and O–H groups in total. The number of furan rings is 1. The molecule has 1 rings (SSSR count). The second-order valence-electron chi connectivity index (χ2n) is 3.19. The quantitative estimate of drug-likeness (QED) is 0.744. The lowest BCUT2D eigenvalue weighted by Gasteiger charge is -2.18. The fourth-order valence-corrected chi connectivity index (χ4v) is 1.32. The summed E-state index contributed by atoms with van der Waals surface area (Å²) in [6.07, 6.45) is 3.54. The third kappa shape index (κ3) is 2.11. The molecule has 0 aromatic carbocycles. The Kier molecular flexibility index (Phi) is 3.35. The summed E-state index contributed by atoms with van der Waals surface area (Å²) in [6, 6.07) is 2.53. The van der Waals surface area contributed by atoms with Crippen LogP contribution in [0.25, 0.3) is 0 Å². The van der Waals surface area contributed by atoms with Crippen LogP contribution in [-0.2, 0) is 0 Å². The average Bonchev–Trinajstić information content (AvgIpc) is 2.55. The molecule has 68 valence electrons. The van der Waals surface area contributed by atoms with Gasteiger partial charge in [0, 0.05) is 6.04 Å². The van der Waals surface area contributed by atoms with E-state index in [-0.39, 0.29) is 0 Å². The monoisotopic (exact) mass is 167 g/mol. The molecule has 2 atom stereocenters. The van der Waals surface area contributed by atoms with Crippen LogP contribution >= 0.6 is 0 Å². The van der Waals surface area contributed by atoms with Crippen molar-refractivity contribution in [3.8, 4) is 0 Å².